The van der Waals surface area contributed by atoms with Crippen LogP contribution in [0.25, 0.3) is 0 Å². The Labute approximate surface area is 194 Å². The molecule has 5 heteroatoms. The first kappa shape index (κ1) is 20.4. The van der Waals surface area contributed by atoms with Crippen molar-refractivity contribution in [3.05, 3.63) is 82.4 Å². The lowest BCUT2D eigenvalue weighted by Crippen LogP contribution is -2.29. The monoisotopic (exact) mass is 444 g/mol. The predicted molar refractivity (Wildman–Crippen MR) is 125 cm³/mol. The molecule has 1 heterocycles. The molecule has 0 N–H and O–H groups in total. The van der Waals surface area contributed by atoms with E-state index in [1.165, 1.54) is 27.8 Å². The maximum atomic E-state index is 6.52. The Balaban J connectivity index is 1.67. The van der Waals surface area contributed by atoms with E-state index in [9.17, 15) is 0 Å². The number of rotatable bonds is 5. The third-order valence-corrected chi connectivity index (χ3v) is 7.91. The molecule has 3 aliphatic rings. The topological polar surface area (TPSA) is 46.2 Å². The molecule has 3 aromatic carbocycles. The first-order valence-electron chi connectivity index (χ1n) is 11.4. The summed E-state index contributed by atoms with van der Waals surface area (Å²) < 4.78 is 29.3. The lowest BCUT2D eigenvalue weighted by atomic mass is 9.66. The maximum Gasteiger partial charge on any atom is 0.161 e. The van der Waals surface area contributed by atoms with Gasteiger partial charge in [-0.15, -0.1) is 0 Å². The number of ether oxygens (including phenoxy) is 5. The molecule has 6 rings (SSSR count). The van der Waals surface area contributed by atoms with Gasteiger partial charge in [-0.1, -0.05) is 30.3 Å². The molecule has 33 heavy (non-hydrogen) atoms. The number of methoxy groups -OCH3 is 4. The molecule has 1 spiro atoms. The fraction of sp³-hybridized carbons (Fsp3) is 0.357. The first-order chi connectivity index (χ1) is 16.2. The molecule has 0 amide bonds. The molecule has 5 nitrogen and oxygen atoms in total. The normalized spacial score (nSPS) is 26.2. The number of hydrogen-bond donors (Lipinski definition) is 0. The van der Waals surface area contributed by atoms with E-state index < -0.39 is 0 Å². The van der Waals surface area contributed by atoms with Crippen LogP contribution in [-0.4, -0.2) is 35.0 Å². The fourth-order valence-electron chi connectivity index (χ4n) is 6.75. The number of benzene rings is 3. The van der Waals surface area contributed by atoms with Crippen molar-refractivity contribution in [3.8, 4) is 23.0 Å². The fourth-order valence-corrected chi connectivity index (χ4v) is 6.75. The van der Waals surface area contributed by atoms with E-state index in [2.05, 4.69) is 54.6 Å². The smallest absolute Gasteiger partial charge is 0.161 e. The van der Waals surface area contributed by atoms with Gasteiger partial charge in [0.05, 0.1) is 34.5 Å². The Morgan fingerprint density at radius 3 is 1.70 bits per heavy atom. The molecule has 1 saturated heterocycles. The van der Waals surface area contributed by atoms with Crippen LogP contribution < -0.4 is 18.9 Å². The molecule has 3 aromatic rings. The summed E-state index contributed by atoms with van der Waals surface area (Å²) in [6.07, 6.45) is 0.951. The van der Waals surface area contributed by atoms with Crippen molar-refractivity contribution in [2.45, 2.75) is 24.4 Å². The molecule has 1 unspecified atom stereocenters. The Morgan fingerprint density at radius 2 is 1.15 bits per heavy atom. The Hall–Kier alpha value is -3.18. The van der Waals surface area contributed by atoms with Crippen LogP contribution in [0.2, 0.25) is 0 Å². The molecule has 0 aromatic heterocycles. The van der Waals surface area contributed by atoms with Gasteiger partial charge >= 0.3 is 0 Å². The van der Waals surface area contributed by atoms with E-state index >= 15 is 0 Å². The zero-order valence-corrected chi connectivity index (χ0v) is 19.4. The lowest BCUT2D eigenvalue weighted by molar-refractivity contribution is 0.0513. The summed E-state index contributed by atoms with van der Waals surface area (Å²) in [7, 11) is 6.77. The SMILES string of the molecule is COc1cc2c(cc1OC)[C@H](c1ccccc1)C13CCO[C@@H]1c1cc(OC)c(OC)cc1[C@@H]23. The van der Waals surface area contributed by atoms with Gasteiger partial charge in [-0.3, -0.25) is 0 Å². The van der Waals surface area contributed by atoms with Crippen molar-refractivity contribution in [2.75, 3.05) is 35.0 Å². The van der Waals surface area contributed by atoms with E-state index in [1.54, 1.807) is 28.4 Å². The van der Waals surface area contributed by atoms with Crippen LogP contribution >= 0.6 is 0 Å². The summed E-state index contributed by atoms with van der Waals surface area (Å²) in [5.74, 6) is 3.35. The molecule has 0 bridgehead atoms. The lowest BCUT2D eigenvalue weighted by Gasteiger charge is -2.36. The van der Waals surface area contributed by atoms with Gasteiger partial charge in [-0.05, 0) is 58.5 Å². The third-order valence-electron chi connectivity index (χ3n) is 7.91. The van der Waals surface area contributed by atoms with Crippen molar-refractivity contribution in [1.82, 2.24) is 0 Å². The van der Waals surface area contributed by atoms with Crippen LogP contribution in [0, 0.1) is 5.41 Å². The van der Waals surface area contributed by atoms with Crippen LogP contribution in [-0.2, 0) is 4.74 Å². The highest BCUT2D eigenvalue weighted by Crippen LogP contribution is 2.75. The van der Waals surface area contributed by atoms with Crippen molar-refractivity contribution >= 4 is 0 Å². The van der Waals surface area contributed by atoms with E-state index in [-0.39, 0.29) is 23.4 Å². The van der Waals surface area contributed by atoms with Gasteiger partial charge in [-0.25, -0.2) is 0 Å². The molecule has 1 fully saturated rings. The van der Waals surface area contributed by atoms with Gasteiger partial charge in [0.1, 0.15) is 0 Å². The summed E-state index contributed by atoms with van der Waals surface area (Å²) in [6, 6.07) is 19.4. The molecule has 2 aliphatic carbocycles. The summed E-state index contributed by atoms with van der Waals surface area (Å²) >= 11 is 0. The van der Waals surface area contributed by atoms with Gasteiger partial charge in [0.25, 0.3) is 0 Å². The number of hydrogen-bond acceptors (Lipinski definition) is 5. The van der Waals surface area contributed by atoms with Crippen LogP contribution in [0.15, 0.2) is 54.6 Å². The van der Waals surface area contributed by atoms with Crippen LogP contribution in [0.4, 0.5) is 0 Å². The summed E-state index contributed by atoms with van der Waals surface area (Å²) in [4.78, 5) is 0. The second-order valence-corrected chi connectivity index (χ2v) is 9.06. The quantitative estimate of drug-likeness (QED) is 0.523. The molecule has 0 radical (unpaired) electrons. The molecular formula is C28H28O5. The third kappa shape index (κ3) is 2.57. The Bertz CT molecular complexity index is 1220. The first-order valence-corrected chi connectivity index (χ1v) is 11.4. The minimum Gasteiger partial charge on any atom is -0.493 e. The standard InChI is InChI=1S/C28H28O5/c1-29-21-12-17-18(13-22(21)30-2)26-19-14-23(31-3)24(32-4)15-20(19)27-28(26,10-11-33-27)25(17)16-8-6-5-7-9-16/h5-9,12-15,25-27H,10-11H2,1-4H3/t25-,26+,27+,28?/m0/s1. The molecule has 1 aliphatic heterocycles. The van der Waals surface area contributed by atoms with Crippen molar-refractivity contribution in [1.29, 1.82) is 0 Å². The van der Waals surface area contributed by atoms with Gasteiger partial charge in [0.2, 0.25) is 0 Å². The Kier molecular flexibility index (Phi) is 4.59. The number of fused-ring (bicyclic) bond motifs is 5. The minimum absolute atomic E-state index is 0.0214. The highest BCUT2D eigenvalue weighted by Gasteiger charge is 2.66. The van der Waals surface area contributed by atoms with Crippen molar-refractivity contribution in [2.24, 2.45) is 5.41 Å². The minimum atomic E-state index is -0.124. The van der Waals surface area contributed by atoms with E-state index in [1.807, 2.05) is 0 Å². The second kappa shape index (κ2) is 7.42. The highest BCUT2D eigenvalue weighted by atomic mass is 16.5. The molecular weight excluding hydrogens is 416 g/mol. The van der Waals surface area contributed by atoms with Gasteiger partial charge in [0, 0.05) is 23.9 Å². The summed E-state index contributed by atoms with van der Waals surface area (Å²) in [6.45, 7) is 0.737. The zero-order chi connectivity index (χ0) is 22.7. The van der Waals surface area contributed by atoms with Gasteiger partial charge in [0.15, 0.2) is 23.0 Å². The molecule has 0 saturated carbocycles. The maximum absolute atomic E-state index is 6.52. The van der Waals surface area contributed by atoms with E-state index in [0.717, 1.165) is 36.0 Å². The highest BCUT2D eigenvalue weighted by molar-refractivity contribution is 5.66. The average Bonchev–Trinajstić information content (AvgIpc) is 3.48. The van der Waals surface area contributed by atoms with E-state index in [0.29, 0.717) is 0 Å². The second-order valence-electron chi connectivity index (χ2n) is 9.06. The average molecular weight is 445 g/mol. The van der Waals surface area contributed by atoms with Crippen molar-refractivity contribution in [3.63, 3.8) is 0 Å². The molecule has 170 valence electrons. The van der Waals surface area contributed by atoms with Crippen LogP contribution in [0.5, 0.6) is 23.0 Å². The predicted octanol–water partition coefficient (Wildman–Crippen LogP) is 5.46. The van der Waals surface area contributed by atoms with Crippen LogP contribution in [0.1, 0.15) is 52.2 Å². The summed E-state index contributed by atoms with van der Waals surface area (Å²) in [5, 5.41) is 0. The largest absolute Gasteiger partial charge is 0.493 e. The zero-order valence-electron chi connectivity index (χ0n) is 19.4. The molecule has 4 atom stereocenters. The van der Waals surface area contributed by atoms with Crippen LogP contribution in [0.3, 0.4) is 0 Å². The Morgan fingerprint density at radius 1 is 0.667 bits per heavy atom. The van der Waals surface area contributed by atoms with Gasteiger partial charge in [-0.2, -0.15) is 0 Å². The van der Waals surface area contributed by atoms with Gasteiger partial charge < -0.3 is 23.7 Å². The summed E-state index contributed by atoms with van der Waals surface area (Å²) in [5.41, 5.74) is 6.21. The van der Waals surface area contributed by atoms with Crippen molar-refractivity contribution < 1.29 is 23.7 Å². The van der Waals surface area contributed by atoms with E-state index in [4.69, 9.17) is 23.7 Å².